The van der Waals surface area contributed by atoms with Crippen molar-refractivity contribution in [3.05, 3.63) is 28.8 Å². The fourth-order valence-corrected chi connectivity index (χ4v) is 1.64. The van der Waals surface area contributed by atoms with Crippen LogP contribution in [0.1, 0.15) is 25.8 Å². The van der Waals surface area contributed by atoms with Gasteiger partial charge in [-0.15, -0.1) is 0 Å². The minimum Gasteiger partial charge on any atom is -0.481 e. The minimum atomic E-state index is -0.656. The van der Waals surface area contributed by atoms with Crippen LogP contribution in [0.3, 0.4) is 0 Å². The predicted molar refractivity (Wildman–Crippen MR) is 72.7 cm³/mol. The first-order valence-electron chi connectivity index (χ1n) is 5.99. The van der Waals surface area contributed by atoms with Gasteiger partial charge in [0.15, 0.2) is 6.10 Å². The summed E-state index contributed by atoms with van der Waals surface area (Å²) in [7, 11) is 0. The van der Waals surface area contributed by atoms with Gasteiger partial charge in [0.05, 0.1) is 0 Å². The zero-order valence-corrected chi connectivity index (χ0v) is 11.5. The van der Waals surface area contributed by atoms with Gasteiger partial charge in [-0.25, -0.2) is 0 Å². The van der Waals surface area contributed by atoms with E-state index < -0.39 is 12.0 Å². The first-order valence-corrected chi connectivity index (χ1v) is 6.37. The Morgan fingerprint density at radius 1 is 1.56 bits per heavy atom. The van der Waals surface area contributed by atoms with Crippen molar-refractivity contribution >= 4 is 17.5 Å². The fourth-order valence-electron chi connectivity index (χ4n) is 1.45. The van der Waals surface area contributed by atoms with Crippen LogP contribution < -0.4 is 15.8 Å². The number of rotatable bonds is 7. The van der Waals surface area contributed by atoms with E-state index in [1.165, 1.54) is 0 Å². The zero-order valence-electron chi connectivity index (χ0n) is 10.7. The van der Waals surface area contributed by atoms with E-state index in [1.54, 1.807) is 19.1 Å². The standard InChI is InChI=1S/C13H19ClN2O2/c1-3-6-16-8-10-7-11(14)4-5-12(10)18-9(2)13(15)17/h4-5,7,9,16H,3,6,8H2,1-2H3,(H2,15,17). The summed E-state index contributed by atoms with van der Waals surface area (Å²) >= 11 is 5.95. The minimum absolute atomic E-state index is 0.489. The van der Waals surface area contributed by atoms with E-state index in [1.807, 2.05) is 6.07 Å². The summed E-state index contributed by atoms with van der Waals surface area (Å²) in [5.74, 6) is 0.145. The van der Waals surface area contributed by atoms with Crippen molar-refractivity contribution in [2.45, 2.75) is 32.9 Å². The van der Waals surface area contributed by atoms with Crippen LogP contribution in [0.5, 0.6) is 5.75 Å². The molecule has 0 radical (unpaired) electrons. The molecule has 0 spiro atoms. The Bertz CT molecular complexity index is 410. The van der Waals surface area contributed by atoms with Crippen molar-refractivity contribution in [3.63, 3.8) is 0 Å². The van der Waals surface area contributed by atoms with Crippen LogP contribution in [0.25, 0.3) is 0 Å². The van der Waals surface area contributed by atoms with E-state index in [0.29, 0.717) is 17.3 Å². The monoisotopic (exact) mass is 270 g/mol. The van der Waals surface area contributed by atoms with Gasteiger partial charge < -0.3 is 15.8 Å². The van der Waals surface area contributed by atoms with Gasteiger partial charge >= 0.3 is 0 Å². The number of ether oxygens (including phenoxy) is 1. The van der Waals surface area contributed by atoms with Crippen LogP contribution in [0.2, 0.25) is 5.02 Å². The van der Waals surface area contributed by atoms with E-state index in [0.717, 1.165) is 18.5 Å². The number of nitrogens with two attached hydrogens (primary N) is 1. The number of amides is 1. The van der Waals surface area contributed by atoms with Gasteiger partial charge in [0.1, 0.15) is 5.75 Å². The third kappa shape index (κ3) is 4.55. The summed E-state index contributed by atoms with van der Waals surface area (Å²) < 4.78 is 5.52. The van der Waals surface area contributed by atoms with Crippen molar-refractivity contribution in [2.24, 2.45) is 5.73 Å². The summed E-state index contributed by atoms with van der Waals surface area (Å²) in [4.78, 5) is 11.0. The Kier molecular flexibility index (Phi) is 5.95. The predicted octanol–water partition coefficient (Wildman–Crippen LogP) is 2.09. The molecule has 1 aromatic carbocycles. The Morgan fingerprint density at radius 2 is 2.28 bits per heavy atom. The van der Waals surface area contributed by atoms with Crippen LogP contribution >= 0.6 is 11.6 Å². The Labute approximate surface area is 112 Å². The third-order valence-corrected chi connectivity index (χ3v) is 2.70. The van der Waals surface area contributed by atoms with Crippen LogP contribution in [-0.2, 0) is 11.3 Å². The number of carbonyl (C=O) groups excluding carboxylic acids is 1. The second-order valence-corrected chi connectivity index (χ2v) is 4.53. The SMILES string of the molecule is CCCNCc1cc(Cl)ccc1OC(C)C(N)=O. The lowest BCUT2D eigenvalue weighted by Gasteiger charge is -2.15. The van der Waals surface area contributed by atoms with Crippen LogP contribution in [-0.4, -0.2) is 18.6 Å². The lowest BCUT2D eigenvalue weighted by atomic mass is 10.2. The molecule has 5 heteroatoms. The molecule has 4 nitrogen and oxygen atoms in total. The molecular formula is C13H19ClN2O2. The molecule has 1 rings (SSSR count). The van der Waals surface area contributed by atoms with Gasteiger partial charge in [-0.3, -0.25) is 4.79 Å². The second-order valence-electron chi connectivity index (χ2n) is 4.09. The van der Waals surface area contributed by atoms with Crippen molar-refractivity contribution in [1.29, 1.82) is 0 Å². The molecule has 0 aliphatic heterocycles. The van der Waals surface area contributed by atoms with Crippen molar-refractivity contribution in [2.75, 3.05) is 6.54 Å². The zero-order chi connectivity index (χ0) is 13.5. The normalized spacial score (nSPS) is 12.2. The highest BCUT2D eigenvalue weighted by Gasteiger charge is 2.13. The number of hydrogen-bond acceptors (Lipinski definition) is 3. The molecule has 1 atom stereocenters. The number of nitrogens with one attached hydrogen (secondary N) is 1. The first-order chi connectivity index (χ1) is 8.54. The molecule has 0 fully saturated rings. The van der Waals surface area contributed by atoms with Crippen molar-refractivity contribution in [1.82, 2.24) is 5.32 Å². The summed E-state index contributed by atoms with van der Waals surface area (Å²) in [5, 5.41) is 3.91. The number of halogens is 1. The van der Waals surface area contributed by atoms with Crippen LogP contribution in [0.4, 0.5) is 0 Å². The van der Waals surface area contributed by atoms with E-state index in [4.69, 9.17) is 22.1 Å². The second kappa shape index (κ2) is 7.24. The van der Waals surface area contributed by atoms with E-state index in [2.05, 4.69) is 12.2 Å². The molecule has 1 amide bonds. The number of carbonyl (C=O) groups is 1. The molecule has 0 saturated carbocycles. The molecule has 0 aliphatic rings. The number of benzene rings is 1. The topological polar surface area (TPSA) is 64.3 Å². The average Bonchev–Trinajstić information content (AvgIpc) is 2.32. The summed E-state index contributed by atoms with van der Waals surface area (Å²) in [6.07, 6.45) is 0.394. The molecule has 0 saturated heterocycles. The molecule has 0 aliphatic carbocycles. The summed E-state index contributed by atoms with van der Waals surface area (Å²) in [5.41, 5.74) is 6.10. The van der Waals surface area contributed by atoms with Crippen LogP contribution in [0.15, 0.2) is 18.2 Å². The molecule has 0 bridgehead atoms. The van der Waals surface area contributed by atoms with Gasteiger partial charge in [0, 0.05) is 17.1 Å². The number of hydrogen-bond donors (Lipinski definition) is 2. The van der Waals surface area contributed by atoms with Gasteiger partial charge in [-0.05, 0) is 38.1 Å². The van der Waals surface area contributed by atoms with Crippen molar-refractivity contribution in [3.8, 4) is 5.75 Å². The van der Waals surface area contributed by atoms with Gasteiger partial charge in [0.2, 0.25) is 0 Å². The van der Waals surface area contributed by atoms with E-state index >= 15 is 0 Å². The maximum absolute atomic E-state index is 11.0. The molecule has 18 heavy (non-hydrogen) atoms. The lowest BCUT2D eigenvalue weighted by Crippen LogP contribution is -2.31. The average molecular weight is 271 g/mol. The van der Waals surface area contributed by atoms with Gasteiger partial charge in [0.25, 0.3) is 5.91 Å². The molecular weight excluding hydrogens is 252 g/mol. The maximum Gasteiger partial charge on any atom is 0.258 e. The molecule has 0 aromatic heterocycles. The molecule has 0 heterocycles. The molecule has 3 N–H and O–H groups in total. The highest BCUT2D eigenvalue weighted by atomic mass is 35.5. The summed E-state index contributed by atoms with van der Waals surface area (Å²) in [6, 6.07) is 5.31. The Morgan fingerprint density at radius 3 is 2.89 bits per heavy atom. The molecule has 1 unspecified atom stereocenters. The van der Waals surface area contributed by atoms with E-state index in [9.17, 15) is 4.79 Å². The molecule has 1 aromatic rings. The quantitative estimate of drug-likeness (QED) is 0.746. The van der Waals surface area contributed by atoms with Gasteiger partial charge in [-0.2, -0.15) is 0 Å². The Balaban J connectivity index is 2.78. The summed E-state index contributed by atoms with van der Waals surface area (Å²) in [6.45, 7) is 5.28. The Hall–Kier alpha value is -1.26. The lowest BCUT2D eigenvalue weighted by molar-refractivity contribution is -0.124. The van der Waals surface area contributed by atoms with Crippen molar-refractivity contribution < 1.29 is 9.53 Å². The molecule has 100 valence electrons. The smallest absolute Gasteiger partial charge is 0.258 e. The van der Waals surface area contributed by atoms with Crippen LogP contribution in [0, 0.1) is 0 Å². The third-order valence-electron chi connectivity index (χ3n) is 2.47. The first kappa shape index (κ1) is 14.8. The highest BCUT2D eigenvalue weighted by molar-refractivity contribution is 6.30. The maximum atomic E-state index is 11.0. The van der Waals surface area contributed by atoms with Gasteiger partial charge in [-0.1, -0.05) is 18.5 Å². The van der Waals surface area contributed by atoms with E-state index in [-0.39, 0.29) is 0 Å². The highest BCUT2D eigenvalue weighted by Crippen LogP contribution is 2.23. The fraction of sp³-hybridized carbons (Fsp3) is 0.462. The largest absolute Gasteiger partial charge is 0.481 e. The number of primary amides is 1.